The fraction of sp³-hybridized carbons (Fsp3) is 0.500. The molecule has 0 radical (unpaired) electrons. The minimum Gasteiger partial charge on any atom is -0.325 e. The average molecular weight is 299 g/mol. The molecule has 1 aliphatic heterocycles. The van der Waals surface area contributed by atoms with Gasteiger partial charge in [-0.15, -0.1) is 0 Å². The van der Waals surface area contributed by atoms with Crippen molar-refractivity contribution < 1.29 is 4.79 Å². The van der Waals surface area contributed by atoms with E-state index < -0.39 is 0 Å². The predicted molar refractivity (Wildman–Crippen MR) is 83.2 cm³/mol. The molecular formula is C14H19ClN2OS. The molecule has 1 aromatic carbocycles. The SMILES string of the molecule is Cc1ccc(Cl)cc1NC(=O)CNC1CCCSC1. The Kier molecular flexibility index (Phi) is 5.55. The lowest BCUT2D eigenvalue weighted by atomic mass is 10.2. The topological polar surface area (TPSA) is 41.1 Å². The average Bonchev–Trinajstić information content (AvgIpc) is 2.42. The zero-order chi connectivity index (χ0) is 13.7. The molecule has 0 spiro atoms. The number of anilines is 1. The van der Waals surface area contributed by atoms with Gasteiger partial charge in [-0.1, -0.05) is 17.7 Å². The summed E-state index contributed by atoms with van der Waals surface area (Å²) in [7, 11) is 0. The summed E-state index contributed by atoms with van der Waals surface area (Å²) in [6.07, 6.45) is 2.40. The Morgan fingerprint density at radius 1 is 1.53 bits per heavy atom. The van der Waals surface area contributed by atoms with Crippen LogP contribution in [0.4, 0.5) is 5.69 Å². The molecule has 1 heterocycles. The lowest BCUT2D eigenvalue weighted by Gasteiger charge is -2.22. The minimum atomic E-state index is -0.0130. The maximum absolute atomic E-state index is 11.9. The molecule has 1 fully saturated rings. The number of nitrogens with one attached hydrogen (secondary N) is 2. The van der Waals surface area contributed by atoms with Crippen molar-refractivity contribution in [1.82, 2.24) is 5.32 Å². The molecule has 1 aromatic rings. The largest absolute Gasteiger partial charge is 0.325 e. The molecule has 0 aromatic heterocycles. The van der Waals surface area contributed by atoms with Gasteiger partial charge in [0.05, 0.1) is 6.54 Å². The number of aryl methyl sites for hydroxylation is 1. The van der Waals surface area contributed by atoms with Gasteiger partial charge < -0.3 is 10.6 Å². The number of amides is 1. The van der Waals surface area contributed by atoms with Crippen molar-refractivity contribution in [2.75, 3.05) is 23.4 Å². The van der Waals surface area contributed by atoms with Crippen LogP contribution < -0.4 is 10.6 Å². The second kappa shape index (κ2) is 7.17. The zero-order valence-corrected chi connectivity index (χ0v) is 12.6. The van der Waals surface area contributed by atoms with E-state index >= 15 is 0 Å². The van der Waals surface area contributed by atoms with Crippen LogP contribution in [-0.4, -0.2) is 30.0 Å². The number of carbonyl (C=O) groups excluding carboxylic acids is 1. The van der Waals surface area contributed by atoms with Gasteiger partial charge in [-0.3, -0.25) is 4.79 Å². The van der Waals surface area contributed by atoms with Crippen LogP contribution in [0.15, 0.2) is 18.2 Å². The smallest absolute Gasteiger partial charge is 0.238 e. The van der Waals surface area contributed by atoms with Crippen LogP contribution in [0.5, 0.6) is 0 Å². The number of hydrogen-bond donors (Lipinski definition) is 2. The van der Waals surface area contributed by atoms with E-state index in [0.29, 0.717) is 17.6 Å². The monoisotopic (exact) mass is 298 g/mol. The van der Waals surface area contributed by atoms with E-state index in [9.17, 15) is 4.79 Å². The van der Waals surface area contributed by atoms with Gasteiger partial charge in [0.2, 0.25) is 5.91 Å². The number of benzene rings is 1. The Balaban J connectivity index is 1.81. The van der Waals surface area contributed by atoms with E-state index in [4.69, 9.17) is 11.6 Å². The summed E-state index contributed by atoms with van der Waals surface area (Å²) in [4.78, 5) is 11.9. The molecule has 0 bridgehead atoms. The quantitative estimate of drug-likeness (QED) is 0.897. The molecule has 0 aliphatic carbocycles. The van der Waals surface area contributed by atoms with Gasteiger partial charge in [-0.05, 0) is 43.2 Å². The van der Waals surface area contributed by atoms with Gasteiger partial charge in [0, 0.05) is 22.5 Å². The second-order valence-corrected chi connectivity index (χ2v) is 6.39. The number of halogens is 1. The molecule has 1 unspecified atom stereocenters. The van der Waals surface area contributed by atoms with Crippen LogP contribution in [0.1, 0.15) is 18.4 Å². The van der Waals surface area contributed by atoms with Gasteiger partial charge in [0.1, 0.15) is 0 Å². The third-order valence-electron chi connectivity index (χ3n) is 3.19. The minimum absolute atomic E-state index is 0.0130. The van der Waals surface area contributed by atoms with Gasteiger partial charge in [-0.25, -0.2) is 0 Å². The highest BCUT2D eigenvalue weighted by Crippen LogP contribution is 2.20. The Morgan fingerprint density at radius 3 is 3.11 bits per heavy atom. The lowest BCUT2D eigenvalue weighted by molar-refractivity contribution is -0.115. The first kappa shape index (κ1) is 14.7. The van der Waals surface area contributed by atoms with Gasteiger partial charge in [-0.2, -0.15) is 11.8 Å². The van der Waals surface area contributed by atoms with E-state index in [0.717, 1.165) is 23.4 Å². The highest BCUT2D eigenvalue weighted by Gasteiger charge is 2.14. The molecule has 2 N–H and O–H groups in total. The molecular weight excluding hydrogens is 280 g/mol. The molecule has 2 rings (SSSR count). The summed E-state index contributed by atoms with van der Waals surface area (Å²) < 4.78 is 0. The van der Waals surface area contributed by atoms with E-state index in [1.807, 2.05) is 30.8 Å². The Morgan fingerprint density at radius 2 is 2.37 bits per heavy atom. The summed E-state index contributed by atoms with van der Waals surface area (Å²) in [6.45, 7) is 2.31. The van der Waals surface area contributed by atoms with E-state index in [2.05, 4.69) is 10.6 Å². The van der Waals surface area contributed by atoms with Crippen molar-refractivity contribution >= 4 is 35.0 Å². The van der Waals surface area contributed by atoms with Crippen LogP contribution in [0.3, 0.4) is 0 Å². The number of thioether (sulfide) groups is 1. The number of rotatable bonds is 4. The first-order valence-electron chi connectivity index (χ1n) is 6.52. The van der Waals surface area contributed by atoms with Crippen LogP contribution in [0.2, 0.25) is 5.02 Å². The molecule has 3 nitrogen and oxygen atoms in total. The summed E-state index contributed by atoms with van der Waals surface area (Å²) in [5.41, 5.74) is 1.81. The molecule has 1 saturated heterocycles. The maximum atomic E-state index is 11.9. The van der Waals surface area contributed by atoms with Crippen molar-refractivity contribution in [3.8, 4) is 0 Å². The molecule has 1 atom stereocenters. The van der Waals surface area contributed by atoms with E-state index in [1.165, 1.54) is 12.2 Å². The first-order valence-corrected chi connectivity index (χ1v) is 8.05. The molecule has 19 heavy (non-hydrogen) atoms. The number of hydrogen-bond acceptors (Lipinski definition) is 3. The fourth-order valence-electron chi connectivity index (χ4n) is 2.06. The van der Waals surface area contributed by atoms with Crippen molar-refractivity contribution in [2.24, 2.45) is 0 Å². The Bertz CT molecular complexity index is 447. The third-order valence-corrected chi connectivity index (χ3v) is 4.64. The molecule has 0 saturated carbocycles. The van der Waals surface area contributed by atoms with Crippen molar-refractivity contribution in [3.05, 3.63) is 28.8 Å². The zero-order valence-electron chi connectivity index (χ0n) is 11.0. The standard InChI is InChI=1S/C14H19ClN2OS/c1-10-4-5-11(15)7-13(10)17-14(18)8-16-12-3-2-6-19-9-12/h4-5,7,12,16H,2-3,6,8-9H2,1H3,(H,17,18). The third kappa shape index (κ3) is 4.71. The maximum Gasteiger partial charge on any atom is 0.238 e. The Labute approximate surface area is 123 Å². The van der Waals surface area contributed by atoms with Crippen LogP contribution in [-0.2, 0) is 4.79 Å². The molecule has 5 heteroatoms. The summed E-state index contributed by atoms with van der Waals surface area (Å²) in [5, 5.41) is 6.84. The fourth-order valence-corrected chi connectivity index (χ4v) is 3.34. The predicted octanol–water partition coefficient (Wildman–Crippen LogP) is 3.07. The molecule has 1 amide bonds. The van der Waals surface area contributed by atoms with Gasteiger partial charge in [0.25, 0.3) is 0 Å². The van der Waals surface area contributed by atoms with E-state index in [1.54, 1.807) is 6.07 Å². The van der Waals surface area contributed by atoms with Crippen LogP contribution >= 0.6 is 23.4 Å². The van der Waals surface area contributed by atoms with Crippen LogP contribution in [0, 0.1) is 6.92 Å². The molecule has 1 aliphatic rings. The number of carbonyl (C=O) groups is 1. The van der Waals surface area contributed by atoms with E-state index in [-0.39, 0.29) is 5.91 Å². The summed E-state index contributed by atoms with van der Waals surface area (Å²) in [6, 6.07) is 5.98. The first-order chi connectivity index (χ1) is 9.15. The van der Waals surface area contributed by atoms with Crippen LogP contribution in [0.25, 0.3) is 0 Å². The Hall–Kier alpha value is -0.710. The van der Waals surface area contributed by atoms with Gasteiger partial charge >= 0.3 is 0 Å². The van der Waals surface area contributed by atoms with Gasteiger partial charge in [0.15, 0.2) is 0 Å². The molecule has 104 valence electrons. The summed E-state index contributed by atoms with van der Waals surface area (Å²) >= 11 is 7.88. The normalized spacial score (nSPS) is 19.2. The highest BCUT2D eigenvalue weighted by molar-refractivity contribution is 7.99. The van der Waals surface area contributed by atoms with Crippen molar-refractivity contribution in [1.29, 1.82) is 0 Å². The van der Waals surface area contributed by atoms with Crippen molar-refractivity contribution in [3.63, 3.8) is 0 Å². The summed E-state index contributed by atoms with van der Waals surface area (Å²) in [5.74, 6) is 2.33. The second-order valence-electron chi connectivity index (χ2n) is 4.80. The highest BCUT2D eigenvalue weighted by atomic mass is 35.5. The lowest BCUT2D eigenvalue weighted by Crippen LogP contribution is -2.39. The van der Waals surface area contributed by atoms with Crippen molar-refractivity contribution in [2.45, 2.75) is 25.8 Å².